The van der Waals surface area contributed by atoms with Gasteiger partial charge in [-0.2, -0.15) is 11.8 Å². The van der Waals surface area contributed by atoms with Crippen molar-refractivity contribution in [3.8, 4) is 0 Å². The first-order chi connectivity index (χ1) is 8.41. The molecule has 0 saturated carbocycles. The van der Waals surface area contributed by atoms with Crippen molar-refractivity contribution in [2.24, 2.45) is 0 Å². The van der Waals surface area contributed by atoms with E-state index in [9.17, 15) is 14.4 Å². The summed E-state index contributed by atoms with van der Waals surface area (Å²) in [7, 11) is 0. The number of urea groups is 1. The van der Waals surface area contributed by atoms with E-state index in [-0.39, 0.29) is 6.04 Å². The van der Waals surface area contributed by atoms with Crippen LogP contribution in [0.1, 0.15) is 13.3 Å². The summed E-state index contributed by atoms with van der Waals surface area (Å²) in [4.78, 5) is 34.7. The van der Waals surface area contributed by atoms with Crippen molar-refractivity contribution in [3.63, 3.8) is 0 Å². The number of rotatable bonds is 4. The van der Waals surface area contributed by atoms with Crippen molar-refractivity contribution in [2.45, 2.75) is 25.4 Å². The number of nitrogens with zero attached hydrogens (tertiary/aromatic N) is 1. The number of carboxylic acids is 2. The zero-order chi connectivity index (χ0) is 13.7. The first-order valence-electron chi connectivity index (χ1n) is 5.51. The smallest absolute Gasteiger partial charge is 0.326 e. The van der Waals surface area contributed by atoms with Crippen molar-refractivity contribution in [1.82, 2.24) is 10.2 Å². The summed E-state index contributed by atoms with van der Waals surface area (Å²) in [6.45, 7) is 2.41. The summed E-state index contributed by atoms with van der Waals surface area (Å²) in [5, 5.41) is 19.7. The highest BCUT2D eigenvalue weighted by atomic mass is 32.2. The van der Waals surface area contributed by atoms with E-state index in [4.69, 9.17) is 10.2 Å². The van der Waals surface area contributed by atoms with Gasteiger partial charge in [0.25, 0.3) is 0 Å². The Morgan fingerprint density at radius 1 is 1.44 bits per heavy atom. The molecule has 0 aromatic carbocycles. The van der Waals surface area contributed by atoms with Crippen molar-refractivity contribution < 1.29 is 24.6 Å². The van der Waals surface area contributed by atoms with Crippen molar-refractivity contribution in [3.05, 3.63) is 0 Å². The summed E-state index contributed by atoms with van der Waals surface area (Å²) < 4.78 is 0. The topological polar surface area (TPSA) is 107 Å². The van der Waals surface area contributed by atoms with Crippen LogP contribution in [0.2, 0.25) is 0 Å². The predicted molar refractivity (Wildman–Crippen MR) is 65.7 cm³/mol. The number of hydrogen-bond donors (Lipinski definition) is 3. The largest absolute Gasteiger partial charge is 0.481 e. The molecule has 7 nitrogen and oxygen atoms in total. The third-order valence-electron chi connectivity index (χ3n) is 2.60. The second kappa shape index (κ2) is 6.48. The maximum Gasteiger partial charge on any atom is 0.326 e. The zero-order valence-corrected chi connectivity index (χ0v) is 10.8. The number of aliphatic carboxylic acids is 2. The van der Waals surface area contributed by atoms with E-state index in [0.717, 1.165) is 11.5 Å². The minimum absolute atomic E-state index is 0.0167. The third kappa shape index (κ3) is 4.10. The molecule has 2 amide bonds. The molecule has 8 heteroatoms. The van der Waals surface area contributed by atoms with Gasteiger partial charge in [-0.05, 0) is 6.92 Å². The summed E-state index contributed by atoms with van der Waals surface area (Å²) >= 11 is 1.73. The van der Waals surface area contributed by atoms with Crippen molar-refractivity contribution in [2.75, 3.05) is 18.1 Å². The van der Waals surface area contributed by atoms with E-state index in [1.165, 1.54) is 4.90 Å². The Kier molecular flexibility index (Phi) is 5.26. The average Bonchev–Trinajstić information content (AvgIpc) is 2.27. The van der Waals surface area contributed by atoms with Crippen LogP contribution in [0.25, 0.3) is 0 Å². The molecule has 1 heterocycles. The number of thioether (sulfide) groups is 1. The lowest BCUT2D eigenvalue weighted by molar-refractivity contribution is -0.145. The van der Waals surface area contributed by atoms with Gasteiger partial charge in [0.15, 0.2) is 0 Å². The van der Waals surface area contributed by atoms with Crippen molar-refractivity contribution >= 4 is 29.7 Å². The lowest BCUT2D eigenvalue weighted by atomic mass is 10.2. The lowest BCUT2D eigenvalue weighted by Crippen LogP contribution is -2.53. The molecule has 1 fully saturated rings. The van der Waals surface area contributed by atoms with Crippen LogP contribution in [-0.4, -0.2) is 63.2 Å². The highest BCUT2D eigenvalue weighted by molar-refractivity contribution is 7.99. The summed E-state index contributed by atoms with van der Waals surface area (Å²) in [6, 6.07) is -1.89. The van der Waals surface area contributed by atoms with Crippen LogP contribution >= 0.6 is 11.8 Å². The second-order valence-corrected chi connectivity index (χ2v) is 5.21. The number of carbonyl (C=O) groups is 3. The fourth-order valence-electron chi connectivity index (χ4n) is 1.64. The molecule has 1 saturated heterocycles. The fraction of sp³-hybridized carbons (Fsp3) is 0.700. The molecule has 0 bridgehead atoms. The molecule has 1 aliphatic heterocycles. The van der Waals surface area contributed by atoms with E-state index in [0.29, 0.717) is 6.54 Å². The Balaban J connectivity index is 2.59. The lowest BCUT2D eigenvalue weighted by Gasteiger charge is -2.33. The first kappa shape index (κ1) is 14.6. The second-order valence-electron chi connectivity index (χ2n) is 4.06. The zero-order valence-electron chi connectivity index (χ0n) is 9.96. The molecular formula is C10H16N2O5S. The van der Waals surface area contributed by atoms with Gasteiger partial charge in [-0.3, -0.25) is 4.79 Å². The van der Waals surface area contributed by atoms with E-state index < -0.39 is 30.4 Å². The molecule has 1 aliphatic rings. The summed E-state index contributed by atoms with van der Waals surface area (Å²) in [6.07, 6.45) is -0.627. The van der Waals surface area contributed by atoms with Gasteiger partial charge in [0, 0.05) is 24.1 Å². The van der Waals surface area contributed by atoms with Gasteiger partial charge in [0.2, 0.25) is 0 Å². The molecule has 0 aromatic heterocycles. The average molecular weight is 276 g/mol. The first-order valence-corrected chi connectivity index (χ1v) is 6.66. The van der Waals surface area contributed by atoms with Gasteiger partial charge in [-0.25, -0.2) is 9.59 Å². The monoisotopic (exact) mass is 276 g/mol. The Bertz CT molecular complexity index is 349. The molecule has 18 heavy (non-hydrogen) atoms. The maximum absolute atomic E-state index is 11.9. The third-order valence-corrected chi connectivity index (χ3v) is 3.79. The van der Waals surface area contributed by atoms with Gasteiger partial charge in [-0.1, -0.05) is 0 Å². The van der Waals surface area contributed by atoms with Gasteiger partial charge < -0.3 is 20.4 Å². The van der Waals surface area contributed by atoms with Crippen LogP contribution in [0.15, 0.2) is 0 Å². The predicted octanol–water partition coefficient (Wildman–Crippen LogP) is 0.0612. The molecule has 0 aliphatic carbocycles. The van der Waals surface area contributed by atoms with Crippen LogP contribution < -0.4 is 5.32 Å². The van der Waals surface area contributed by atoms with Crippen molar-refractivity contribution in [1.29, 1.82) is 0 Å². The van der Waals surface area contributed by atoms with E-state index in [1.807, 2.05) is 6.92 Å². The molecule has 3 N–H and O–H groups in total. The van der Waals surface area contributed by atoms with Crippen LogP contribution in [0, 0.1) is 0 Å². The molecule has 0 radical (unpaired) electrons. The fourth-order valence-corrected chi connectivity index (χ4v) is 2.65. The SMILES string of the molecule is CC1CSCCN1C(=O)N[C@@H](CC(=O)O)C(=O)O. The Hall–Kier alpha value is -1.44. The van der Waals surface area contributed by atoms with Crippen LogP contribution in [0.5, 0.6) is 0 Å². The molecule has 102 valence electrons. The number of hydrogen-bond acceptors (Lipinski definition) is 4. The molecule has 1 rings (SSSR count). The van der Waals surface area contributed by atoms with Crippen LogP contribution in [0.4, 0.5) is 4.79 Å². The van der Waals surface area contributed by atoms with E-state index >= 15 is 0 Å². The molecular weight excluding hydrogens is 260 g/mol. The number of amides is 2. The molecule has 0 spiro atoms. The highest BCUT2D eigenvalue weighted by Crippen LogP contribution is 2.16. The molecule has 2 atom stereocenters. The normalized spacial score (nSPS) is 21.2. The van der Waals surface area contributed by atoms with Crippen LogP contribution in [0.3, 0.4) is 0 Å². The standard InChI is InChI=1S/C10H16N2O5S/c1-6-5-18-3-2-12(6)10(17)11-7(9(15)16)4-8(13)14/h6-7H,2-5H2,1H3,(H,11,17)(H,13,14)(H,15,16)/t6?,7-/m0/s1. The minimum atomic E-state index is -1.39. The van der Waals surface area contributed by atoms with Gasteiger partial charge >= 0.3 is 18.0 Å². The number of nitrogens with one attached hydrogen (secondary N) is 1. The number of carboxylic acid groups (broad SMARTS) is 2. The summed E-state index contributed by atoms with van der Waals surface area (Å²) in [5.74, 6) is -1.01. The van der Waals surface area contributed by atoms with Gasteiger partial charge in [0.1, 0.15) is 6.04 Å². The van der Waals surface area contributed by atoms with E-state index in [1.54, 1.807) is 11.8 Å². The van der Waals surface area contributed by atoms with Gasteiger partial charge in [-0.15, -0.1) is 0 Å². The Morgan fingerprint density at radius 3 is 2.61 bits per heavy atom. The highest BCUT2D eigenvalue weighted by Gasteiger charge is 2.28. The Morgan fingerprint density at radius 2 is 2.11 bits per heavy atom. The maximum atomic E-state index is 11.9. The molecule has 1 unspecified atom stereocenters. The van der Waals surface area contributed by atoms with Gasteiger partial charge in [0.05, 0.1) is 6.42 Å². The Labute approximate surface area is 109 Å². The minimum Gasteiger partial charge on any atom is -0.481 e. The molecule has 0 aromatic rings. The van der Waals surface area contributed by atoms with Crippen LogP contribution in [-0.2, 0) is 9.59 Å². The number of carbonyl (C=O) groups excluding carboxylic acids is 1. The summed E-state index contributed by atoms with van der Waals surface area (Å²) in [5.41, 5.74) is 0. The van der Waals surface area contributed by atoms with E-state index in [2.05, 4.69) is 5.32 Å². The quantitative estimate of drug-likeness (QED) is 0.670.